The maximum Gasteiger partial charge on any atom is 0.226 e. The summed E-state index contributed by atoms with van der Waals surface area (Å²) in [6.07, 6.45) is 3.11. The number of hydrogen-bond donors (Lipinski definition) is 1. The Morgan fingerprint density at radius 3 is 2.42 bits per heavy atom. The molecule has 1 aliphatic rings. The van der Waals surface area contributed by atoms with Crippen molar-refractivity contribution in [3.8, 4) is 5.75 Å². The normalized spacial score (nSPS) is 15.6. The molecular formula is C30H34BrClN2O2. The van der Waals surface area contributed by atoms with Gasteiger partial charge in [0.2, 0.25) is 5.91 Å². The largest absolute Gasteiger partial charge is 0.486 e. The van der Waals surface area contributed by atoms with Gasteiger partial charge in [-0.25, -0.2) is 0 Å². The monoisotopic (exact) mass is 568 g/mol. The maximum atomic E-state index is 12.1. The van der Waals surface area contributed by atoms with Gasteiger partial charge in [-0.2, -0.15) is 0 Å². The Morgan fingerprint density at radius 2 is 1.75 bits per heavy atom. The molecule has 1 amide bonds. The van der Waals surface area contributed by atoms with Crippen LogP contribution in [0.5, 0.6) is 5.75 Å². The highest BCUT2D eigenvalue weighted by atomic mass is 79.9. The third kappa shape index (κ3) is 7.58. The van der Waals surface area contributed by atoms with Gasteiger partial charge in [0.05, 0.1) is 0 Å². The van der Waals surface area contributed by atoms with E-state index in [1.807, 2.05) is 44.2 Å². The minimum Gasteiger partial charge on any atom is -0.486 e. The molecule has 0 bridgehead atoms. The Morgan fingerprint density at radius 1 is 1.06 bits per heavy atom. The number of carbonyl (C=O) groups excluding carboxylic acids is 1. The summed E-state index contributed by atoms with van der Waals surface area (Å²) in [4.78, 5) is 14.6. The number of piperidine rings is 1. The van der Waals surface area contributed by atoms with Crippen molar-refractivity contribution in [2.75, 3.05) is 25.0 Å². The van der Waals surface area contributed by atoms with E-state index in [0.29, 0.717) is 10.9 Å². The van der Waals surface area contributed by atoms with Crippen LogP contribution >= 0.6 is 27.5 Å². The fraction of sp³-hybridized carbons (Fsp3) is 0.367. The summed E-state index contributed by atoms with van der Waals surface area (Å²) in [6.45, 7) is 6.92. The van der Waals surface area contributed by atoms with Gasteiger partial charge in [0.25, 0.3) is 0 Å². The molecule has 1 saturated heterocycles. The quantitative estimate of drug-likeness (QED) is 0.283. The Labute approximate surface area is 228 Å². The van der Waals surface area contributed by atoms with Gasteiger partial charge in [-0.15, -0.1) is 0 Å². The first-order valence-electron chi connectivity index (χ1n) is 12.7. The summed E-state index contributed by atoms with van der Waals surface area (Å²) in [5, 5.41) is 3.74. The van der Waals surface area contributed by atoms with Crippen LogP contribution in [0.2, 0.25) is 5.02 Å². The Hall–Kier alpha value is -2.34. The minimum atomic E-state index is -0.0294. The van der Waals surface area contributed by atoms with Gasteiger partial charge in [0, 0.05) is 34.1 Å². The van der Waals surface area contributed by atoms with Crippen LogP contribution in [0.25, 0.3) is 0 Å². The second kappa shape index (κ2) is 12.8. The zero-order valence-electron chi connectivity index (χ0n) is 20.9. The van der Waals surface area contributed by atoms with Crippen LogP contribution in [0.1, 0.15) is 56.3 Å². The van der Waals surface area contributed by atoms with Crippen molar-refractivity contribution in [3.63, 3.8) is 0 Å². The molecule has 1 N–H and O–H groups in total. The van der Waals surface area contributed by atoms with Crippen molar-refractivity contribution in [1.29, 1.82) is 0 Å². The molecule has 4 nitrogen and oxygen atoms in total. The van der Waals surface area contributed by atoms with Crippen molar-refractivity contribution in [2.24, 2.45) is 5.92 Å². The lowest BCUT2D eigenvalue weighted by Crippen LogP contribution is -2.34. The van der Waals surface area contributed by atoms with Gasteiger partial charge in [-0.05, 0) is 91.5 Å². The number of nitrogens with zero attached hydrogens (tertiary/aromatic N) is 1. The predicted molar refractivity (Wildman–Crippen MR) is 152 cm³/mol. The molecule has 0 spiro atoms. The number of hydrogen-bond acceptors (Lipinski definition) is 3. The smallest absolute Gasteiger partial charge is 0.226 e. The van der Waals surface area contributed by atoms with Gasteiger partial charge >= 0.3 is 0 Å². The number of halogens is 2. The summed E-state index contributed by atoms with van der Waals surface area (Å²) in [7, 11) is 0. The van der Waals surface area contributed by atoms with Gasteiger partial charge < -0.3 is 15.0 Å². The highest BCUT2D eigenvalue weighted by molar-refractivity contribution is 9.10. The van der Waals surface area contributed by atoms with Crippen molar-refractivity contribution < 1.29 is 9.53 Å². The van der Waals surface area contributed by atoms with E-state index in [0.717, 1.165) is 54.8 Å². The third-order valence-corrected chi connectivity index (χ3v) is 7.56. The zero-order valence-corrected chi connectivity index (χ0v) is 23.3. The zero-order chi connectivity index (χ0) is 25.5. The van der Waals surface area contributed by atoms with Gasteiger partial charge in [0.15, 0.2) is 0 Å². The number of ether oxygens (including phenoxy) is 1. The molecule has 0 saturated carbocycles. The van der Waals surface area contributed by atoms with E-state index in [1.165, 1.54) is 11.1 Å². The first kappa shape index (κ1) is 26.7. The lowest BCUT2D eigenvalue weighted by atomic mass is 9.89. The molecule has 36 heavy (non-hydrogen) atoms. The van der Waals surface area contributed by atoms with Crippen LogP contribution in [-0.2, 0) is 4.79 Å². The summed E-state index contributed by atoms with van der Waals surface area (Å²) in [6, 6.07) is 24.3. The van der Waals surface area contributed by atoms with Crippen molar-refractivity contribution >= 4 is 39.1 Å². The van der Waals surface area contributed by atoms with Gasteiger partial charge in [-0.1, -0.05) is 65.6 Å². The lowest BCUT2D eigenvalue weighted by Gasteiger charge is -2.33. The molecule has 190 valence electrons. The van der Waals surface area contributed by atoms with Gasteiger partial charge in [-0.3, -0.25) is 4.79 Å². The van der Waals surface area contributed by atoms with Crippen LogP contribution in [0.15, 0.2) is 77.3 Å². The second-order valence-electron chi connectivity index (χ2n) is 9.79. The van der Waals surface area contributed by atoms with E-state index in [1.54, 1.807) is 0 Å². The number of carbonyl (C=O) groups is 1. The SMILES string of the molecule is CC(C)C(=O)Nc1cccc(C2CCN(CCC(Oc3ccc(Cl)cc3)c3ccc(Br)cc3)CC2)c1. The standard InChI is InChI=1S/C30H34BrClN2O2/c1-21(2)30(35)33-27-5-3-4-24(20-27)22-14-17-34(18-15-22)19-16-29(23-6-8-25(31)9-7-23)36-28-12-10-26(32)11-13-28/h3-13,20-22,29H,14-19H2,1-2H3,(H,33,35). The summed E-state index contributed by atoms with van der Waals surface area (Å²) in [5.74, 6) is 1.38. The number of nitrogens with one attached hydrogen (secondary N) is 1. The van der Waals surface area contributed by atoms with E-state index in [4.69, 9.17) is 16.3 Å². The van der Waals surface area contributed by atoms with Crippen molar-refractivity contribution in [1.82, 2.24) is 4.90 Å². The second-order valence-corrected chi connectivity index (χ2v) is 11.1. The Kier molecular flexibility index (Phi) is 9.47. The highest BCUT2D eigenvalue weighted by Gasteiger charge is 2.23. The van der Waals surface area contributed by atoms with Crippen LogP contribution in [0.4, 0.5) is 5.69 Å². The van der Waals surface area contributed by atoms with Crippen LogP contribution in [0, 0.1) is 5.92 Å². The van der Waals surface area contributed by atoms with Crippen molar-refractivity contribution in [3.05, 3.63) is 93.4 Å². The maximum absolute atomic E-state index is 12.1. The lowest BCUT2D eigenvalue weighted by molar-refractivity contribution is -0.118. The Bertz CT molecular complexity index is 1130. The van der Waals surface area contributed by atoms with E-state index in [9.17, 15) is 4.79 Å². The average Bonchev–Trinajstić information content (AvgIpc) is 2.88. The fourth-order valence-corrected chi connectivity index (χ4v) is 4.99. The van der Waals surface area contributed by atoms with Crippen LogP contribution in [0.3, 0.4) is 0 Å². The molecule has 0 radical (unpaired) electrons. The molecule has 3 aromatic carbocycles. The molecule has 1 unspecified atom stereocenters. The molecule has 1 atom stereocenters. The summed E-state index contributed by atoms with van der Waals surface area (Å²) < 4.78 is 7.46. The average molecular weight is 570 g/mol. The molecule has 6 heteroatoms. The predicted octanol–water partition coefficient (Wildman–Crippen LogP) is 8.09. The number of likely N-dealkylation sites (tertiary alicyclic amines) is 1. The number of anilines is 1. The number of amides is 1. The summed E-state index contributed by atoms with van der Waals surface area (Å²) in [5.41, 5.74) is 3.38. The van der Waals surface area contributed by atoms with Crippen LogP contribution < -0.4 is 10.1 Å². The highest BCUT2D eigenvalue weighted by Crippen LogP contribution is 2.31. The molecule has 0 aromatic heterocycles. The van der Waals surface area contributed by atoms with E-state index >= 15 is 0 Å². The molecule has 0 aliphatic carbocycles. The Balaban J connectivity index is 1.34. The summed E-state index contributed by atoms with van der Waals surface area (Å²) >= 11 is 9.59. The number of rotatable bonds is 9. The van der Waals surface area contributed by atoms with Crippen molar-refractivity contribution in [2.45, 2.75) is 45.1 Å². The molecule has 1 aliphatic heterocycles. The van der Waals surface area contributed by atoms with E-state index in [-0.39, 0.29) is 17.9 Å². The number of benzene rings is 3. The third-order valence-electron chi connectivity index (χ3n) is 6.78. The molecular weight excluding hydrogens is 536 g/mol. The van der Waals surface area contributed by atoms with E-state index in [2.05, 4.69) is 68.6 Å². The first-order chi connectivity index (χ1) is 17.4. The fourth-order valence-electron chi connectivity index (χ4n) is 4.60. The van der Waals surface area contributed by atoms with Gasteiger partial charge in [0.1, 0.15) is 11.9 Å². The first-order valence-corrected chi connectivity index (χ1v) is 13.9. The molecule has 3 aromatic rings. The van der Waals surface area contributed by atoms with Crippen LogP contribution in [-0.4, -0.2) is 30.4 Å². The molecule has 1 heterocycles. The van der Waals surface area contributed by atoms with E-state index < -0.39 is 0 Å². The molecule has 4 rings (SSSR count). The minimum absolute atomic E-state index is 0.0261. The molecule has 1 fully saturated rings. The topological polar surface area (TPSA) is 41.6 Å².